The van der Waals surface area contributed by atoms with E-state index in [0.717, 1.165) is 0 Å². The Morgan fingerprint density at radius 1 is 1.42 bits per heavy atom. The Morgan fingerprint density at radius 3 is 2.63 bits per heavy atom. The van der Waals surface area contributed by atoms with Gasteiger partial charge in [-0.15, -0.1) is 0 Å². The van der Waals surface area contributed by atoms with E-state index in [9.17, 15) is 14.7 Å². The highest BCUT2D eigenvalue weighted by molar-refractivity contribution is 5.97. The van der Waals surface area contributed by atoms with Gasteiger partial charge in [-0.05, 0) is 32.0 Å². The van der Waals surface area contributed by atoms with E-state index >= 15 is 0 Å². The van der Waals surface area contributed by atoms with Crippen molar-refractivity contribution in [3.8, 4) is 11.5 Å². The van der Waals surface area contributed by atoms with E-state index in [-0.39, 0.29) is 23.0 Å². The Bertz CT molecular complexity index is 474. The van der Waals surface area contributed by atoms with E-state index in [4.69, 9.17) is 4.74 Å². The Labute approximate surface area is 111 Å². The predicted molar refractivity (Wildman–Crippen MR) is 70.3 cm³/mol. The van der Waals surface area contributed by atoms with E-state index < -0.39 is 11.9 Å². The van der Waals surface area contributed by atoms with Gasteiger partial charge in [0.05, 0.1) is 7.11 Å². The molecule has 0 fully saturated rings. The minimum atomic E-state index is -0.642. The van der Waals surface area contributed by atoms with E-state index in [1.807, 2.05) is 0 Å². The number of carbonyl (C=O) groups is 2. The maximum absolute atomic E-state index is 11.9. The largest absolute Gasteiger partial charge is 0.504 e. The molecule has 19 heavy (non-hydrogen) atoms. The normalized spacial score (nSPS) is 11.5. The summed E-state index contributed by atoms with van der Waals surface area (Å²) in [4.78, 5) is 23.4. The zero-order chi connectivity index (χ0) is 14.4. The minimum Gasteiger partial charge on any atom is -0.504 e. The molecule has 1 aromatic carbocycles. The summed E-state index contributed by atoms with van der Waals surface area (Å²) in [5, 5.41) is 14.7. The molecule has 6 heteroatoms. The van der Waals surface area contributed by atoms with Crippen LogP contribution in [0.25, 0.3) is 0 Å². The zero-order valence-corrected chi connectivity index (χ0v) is 11.2. The summed E-state index contributed by atoms with van der Waals surface area (Å²) in [6, 6.07) is 3.65. The van der Waals surface area contributed by atoms with Gasteiger partial charge in [-0.25, -0.2) is 0 Å². The first kappa shape index (κ1) is 14.8. The van der Waals surface area contributed by atoms with Crippen molar-refractivity contribution >= 4 is 11.8 Å². The topological polar surface area (TPSA) is 87.7 Å². The first-order chi connectivity index (χ1) is 8.99. The van der Waals surface area contributed by atoms with Crippen molar-refractivity contribution in [2.24, 2.45) is 0 Å². The molecule has 1 atom stereocenters. The number of benzene rings is 1. The van der Waals surface area contributed by atoms with Gasteiger partial charge < -0.3 is 20.5 Å². The van der Waals surface area contributed by atoms with Crippen molar-refractivity contribution in [3.05, 3.63) is 23.8 Å². The van der Waals surface area contributed by atoms with Crippen LogP contribution in [0, 0.1) is 0 Å². The van der Waals surface area contributed by atoms with Gasteiger partial charge in [-0.1, -0.05) is 0 Å². The van der Waals surface area contributed by atoms with Crippen LogP contribution in [0.5, 0.6) is 11.5 Å². The second-order valence-electron chi connectivity index (χ2n) is 3.98. The van der Waals surface area contributed by atoms with Gasteiger partial charge in [0.15, 0.2) is 11.5 Å². The molecule has 3 N–H and O–H groups in total. The number of likely N-dealkylation sites (N-methyl/N-ethyl adjacent to an activating group) is 1. The van der Waals surface area contributed by atoms with Crippen molar-refractivity contribution in [3.63, 3.8) is 0 Å². The number of hydrogen-bond acceptors (Lipinski definition) is 4. The van der Waals surface area contributed by atoms with Crippen molar-refractivity contribution in [2.45, 2.75) is 19.9 Å². The highest BCUT2D eigenvalue weighted by Gasteiger charge is 2.16. The summed E-state index contributed by atoms with van der Waals surface area (Å²) in [5.41, 5.74) is 0.259. The third-order valence-electron chi connectivity index (χ3n) is 2.53. The number of phenols is 1. The molecule has 0 radical (unpaired) electrons. The first-order valence-corrected chi connectivity index (χ1v) is 5.95. The molecule has 2 amide bonds. The number of rotatable bonds is 5. The lowest BCUT2D eigenvalue weighted by Crippen LogP contribution is -2.44. The van der Waals surface area contributed by atoms with Crippen molar-refractivity contribution < 1.29 is 19.4 Å². The maximum atomic E-state index is 11.9. The molecule has 1 rings (SSSR count). The van der Waals surface area contributed by atoms with Crippen LogP contribution in [-0.2, 0) is 4.79 Å². The van der Waals surface area contributed by atoms with E-state index in [1.165, 1.54) is 25.3 Å². The van der Waals surface area contributed by atoms with E-state index in [0.29, 0.717) is 6.54 Å². The molecule has 104 valence electrons. The highest BCUT2D eigenvalue weighted by Crippen LogP contribution is 2.26. The predicted octanol–water partition coefficient (Wildman–Crippen LogP) is 0.655. The molecule has 0 saturated heterocycles. The Hall–Kier alpha value is -2.24. The molecule has 1 unspecified atom stereocenters. The van der Waals surface area contributed by atoms with Gasteiger partial charge in [0.1, 0.15) is 6.04 Å². The van der Waals surface area contributed by atoms with Crippen LogP contribution in [-0.4, -0.2) is 36.6 Å². The van der Waals surface area contributed by atoms with Crippen molar-refractivity contribution in [2.75, 3.05) is 13.7 Å². The standard InChI is InChI=1S/C13H18N2O4/c1-4-14-12(17)8(2)15-13(18)9-5-6-11(19-3)10(16)7-9/h5-8,16H,4H2,1-3H3,(H,14,17)(H,15,18). The maximum Gasteiger partial charge on any atom is 0.252 e. The summed E-state index contributed by atoms with van der Waals surface area (Å²) >= 11 is 0. The van der Waals surface area contributed by atoms with E-state index in [1.54, 1.807) is 13.8 Å². The average Bonchev–Trinajstić information content (AvgIpc) is 2.38. The fraction of sp³-hybridized carbons (Fsp3) is 0.385. The molecule has 0 heterocycles. The summed E-state index contributed by atoms with van der Waals surface area (Å²) in [7, 11) is 1.42. The van der Waals surface area contributed by atoms with Crippen molar-refractivity contribution in [1.29, 1.82) is 0 Å². The molecule has 0 aromatic heterocycles. The van der Waals surface area contributed by atoms with Crippen molar-refractivity contribution in [1.82, 2.24) is 10.6 Å². The first-order valence-electron chi connectivity index (χ1n) is 5.95. The lowest BCUT2D eigenvalue weighted by atomic mass is 10.1. The summed E-state index contributed by atoms with van der Waals surface area (Å²) in [6.45, 7) is 3.89. The number of ether oxygens (including phenoxy) is 1. The van der Waals surface area contributed by atoms with Crippen LogP contribution in [0.2, 0.25) is 0 Å². The molecular weight excluding hydrogens is 248 g/mol. The molecular formula is C13H18N2O4. The Balaban J connectivity index is 2.73. The average molecular weight is 266 g/mol. The molecule has 1 aromatic rings. The number of amides is 2. The highest BCUT2D eigenvalue weighted by atomic mass is 16.5. The van der Waals surface area contributed by atoms with Crippen LogP contribution in [0.3, 0.4) is 0 Å². The molecule has 0 aliphatic carbocycles. The van der Waals surface area contributed by atoms with E-state index in [2.05, 4.69) is 10.6 Å². The lowest BCUT2D eigenvalue weighted by Gasteiger charge is -2.13. The second-order valence-corrected chi connectivity index (χ2v) is 3.98. The van der Waals surface area contributed by atoms with Gasteiger partial charge in [-0.3, -0.25) is 9.59 Å². The quantitative estimate of drug-likeness (QED) is 0.730. The van der Waals surface area contributed by atoms with Crippen LogP contribution < -0.4 is 15.4 Å². The Kier molecular flexibility index (Phi) is 5.17. The molecule has 0 aliphatic heterocycles. The van der Waals surface area contributed by atoms with Gasteiger partial charge in [-0.2, -0.15) is 0 Å². The molecule has 0 bridgehead atoms. The number of methoxy groups -OCH3 is 1. The van der Waals surface area contributed by atoms with Gasteiger partial charge in [0.25, 0.3) is 5.91 Å². The smallest absolute Gasteiger partial charge is 0.252 e. The van der Waals surface area contributed by atoms with Gasteiger partial charge >= 0.3 is 0 Å². The van der Waals surface area contributed by atoms with Crippen LogP contribution >= 0.6 is 0 Å². The number of hydrogen-bond donors (Lipinski definition) is 3. The minimum absolute atomic E-state index is 0.124. The molecule has 0 spiro atoms. The molecule has 0 aliphatic rings. The fourth-order valence-electron chi connectivity index (χ4n) is 1.50. The zero-order valence-electron chi connectivity index (χ0n) is 11.2. The van der Waals surface area contributed by atoms with Crippen LogP contribution in [0.4, 0.5) is 0 Å². The van der Waals surface area contributed by atoms with Gasteiger partial charge in [0.2, 0.25) is 5.91 Å². The second kappa shape index (κ2) is 6.63. The fourth-order valence-corrected chi connectivity index (χ4v) is 1.50. The van der Waals surface area contributed by atoms with Crippen LogP contribution in [0.1, 0.15) is 24.2 Å². The SMILES string of the molecule is CCNC(=O)C(C)NC(=O)c1ccc(OC)c(O)c1. The number of phenolic OH excluding ortho intramolecular Hbond substituents is 1. The summed E-state index contributed by atoms with van der Waals surface area (Å²) in [6.07, 6.45) is 0. The summed E-state index contributed by atoms with van der Waals surface area (Å²) in [5.74, 6) is -0.528. The lowest BCUT2D eigenvalue weighted by molar-refractivity contribution is -0.122. The number of carbonyl (C=O) groups excluding carboxylic acids is 2. The third-order valence-corrected chi connectivity index (χ3v) is 2.53. The monoisotopic (exact) mass is 266 g/mol. The Morgan fingerprint density at radius 2 is 2.11 bits per heavy atom. The van der Waals surface area contributed by atoms with Gasteiger partial charge in [0, 0.05) is 12.1 Å². The third kappa shape index (κ3) is 3.87. The number of aromatic hydroxyl groups is 1. The summed E-state index contributed by atoms with van der Waals surface area (Å²) < 4.78 is 4.89. The number of nitrogens with one attached hydrogen (secondary N) is 2. The van der Waals surface area contributed by atoms with Crippen LogP contribution in [0.15, 0.2) is 18.2 Å². The molecule has 0 saturated carbocycles. The molecule has 6 nitrogen and oxygen atoms in total.